The fraction of sp³-hybridized carbons (Fsp3) is 0.318. The Hall–Kier alpha value is -2.95. The van der Waals surface area contributed by atoms with Gasteiger partial charge in [0.05, 0.1) is 12.7 Å². The summed E-state index contributed by atoms with van der Waals surface area (Å²) in [4.78, 5) is 35.6. The van der Waals surface area contributed by atoms with Gasteiger partial charge in [0.25, 0.3) is 0 Å². The Morgan fingerprint density at radius 3 is 2.04 bits per heavy atom. The van der Waals surface area contributed by atoms with E-state index in [2.05, 4.69) is 17.0 Å². The van der Waals surface area contributed by atoms with Crippen LogP contribution in [0.1, 0.15) is 58.0 Å². The molecule has 0 fully saturated rings. The summed E-state index contributed by atoms with van der Waals surface area (Å²) in [7, 11) is 1.33. The number of carbonyl (C=O) groups excluding carboxylic acids is 3. The first kappa shape index (κ1) is 20.4. The van der Waals surface area contributed by atoms with Crippen molar-refractivity contribution >= 4 is 17.7 Å². The van der Waals surface area contributed by atoms with E-state index in [0.717, 1.165) is 18.4 Å². The van der Waals surface area contributed by atoms with Crippen molar-refractivity contribution in [3.8, 4) is 0 Å². The standard InChI is InChI=1S/C22H25NO4/c1-3-4-16-5-9-18(10-6-16)20(24)13-14-21(25)23-15-17-7-11-19(12-8-17)22(26)27-2/h5-12H,3-4,13-15H2,1-2H3,(H,23,25). The van der Waals surface area contributed by atoms with Crippen LogP contribution in [0.2, 0.25) is 0 Å². The highest BCUT2D eigenvalue weighted by Crippen LogP contribution is 2.10. The summed E-state index contributed by atoms with van der Waals surface area (Å²) in [5.74, 6) is -0.606. The maximum Gasteiger partial charge on any atom is 0.337 e. The third-order valence-electron chi connectivity index (χ3n) is 4.26. The van der Waals surface area contributed by atoms with Crippen LogP contribution in [0.5, 0.6) is 0 Å². The van der Waals surface area contributed by atoms with Crippen molar-refractivity contribution in [2.45, 2.75) is 39.2 Å². The normalized spacial score (nSPS) is 10.3. The molecule has 0 heterocycles. The zero-order chi connectivity index (χ0) is 19.6. The fourth-order valence-electron chi connectivity index (χ4n) is 2.68. The van der Waals surface area contributed by atoms with Gasteiger partial charge in [0.1, 0.15) is 0 Å². The molecule has 0 aromatic heterocycles. The van der Waals surface area contributed by atoms with Crippen LogP contribution in [-0.2, 0) is 22.5 Å². The highest BCUT2D eigenvalue weighted by Gasteiger charge is 2.10. The second-order valence-electron chi connectivity index (χ2n) is 6.34. The number of methoxy groups -OCH3 is 1. The highest BCUT2D eigenvalue weighted by atomic mass is 16.5. The number of ketones is 1. The average Bonchev–Trinajstić information content (AvgIpc) is 2.71. The summed E-state index contributed by atoms with van der Waals surface area (Å²) < 4.78 is 4.64. The lowest BCUT2D eigenvalue weighted by Crippen LogP contribution is -2.23. The Balaban J connectivity index is 1.77. The van der Waals surface area contributed by atoms with E-state index in [1.54, 1.807) is 24.3 Å². The van der Waals surface area contributed by atoms with E-state index >= 15 is 0 Å². The van der Waals surface area contributed by atoms with Gasteiger partial charge in [-0.15, -0.1) is 0 Å². The van der Waals surface area contributed by atoms with Gasteiger partial charge < -0.3 is 10.1 Å². The summed E-state index contributed by atoms with van der Waals surface area (Å²) in [6, 6.07) is 14.4. The number of nitrogens with one attached hydrogen (secondary N) is 1. The van der Waals surface area contributed by atoms with E-state index in [9.17, 15) is 14.4 Å². The van der Waals surface area contributed by atoms with Gasteiger partial charge in [0, 0.05) is 24.9 Å². The minimum absolute atomic E-state index is 0.0318. The Morgan fingerprint density at radius 2 is 1.44 bits per heavy atom. The molecule has 0 radical (unpaired) electrons. The minimum Gasteiger partial charge on any atom is -0.465 e. The molecule has 5 heteroatoms. The Labute approximate surface area is 159 Å². The average molecular weight is 367 g/mol. The van der Waals surface area contributed by atoms with Crippen LogP contribution < -0.4 is 5.32 Å². The molecule has 0 spiro atoms. The second-order valence-corrected chi connectivity index (χ2v) is 6.34. The molecule has 0 saturated heterocycles. The molecule has 2 aromatic carbocycles. The van der Waals surface area contributed by atoms with E-state index in [0.29, 0.717) is 17.7 Å². The van der Waals surface area contributed by atoms with E-state index in [4.69, 9.17) is 0 Å². The largest absolute Gasteiger partial charge is 0.465 e. The predicted octanol–water partition coefficient (Wildman–Crippen LogP) is 3.71. The molecule has 0 aliphatic carbocycles. The van der Waals surface area contributed by atoms with Crippen molar-refractivity contribution in [1.82, 2.24) is 5.32 Å². The second kappa shape index (κ2) is 10.3. The summed E-state index contributed by atoms with van der Waals surface area (Å²) in [5.41, 5.74) is 3.18. The van der Waals surface area contributed by atoms with Crippen LogP contribution in [0, 0.1) is 0 Å². The summed E-state index contributed by atoms with van der Waals surface area (Å²) in [5, 5.41) is 2.79. The lowest BCUT2D eigenvalue weighted by Gasteiger charge is -2.07. The summed E-state index contributed by atoms with van der Waals surface area (Å²) in [6.07, 6.45) is 2.40. The maximum absolute atomic E-state index is 12.2. The van der Waals surface area contributed by atoms with Gasteiger partial charge in [-0.1, -0.05) is 49.7 Å². The van der Waals surface area contributed by atoms with Crippen molar-refractivity contribution in [3.63, 3.8) is 0 Å². The monoisotopic (exact) mass is 367 g/mol. The molecule has 0 bridgehead atoms. The fourth-order valence-corrected chi connectivity index (χ4v) is 2.68. The van der Waals surface area contributed by atoms with Gasteiger partial charge in [-0.25, -0.2) is 4.79 Å². The smallest absolute Gasteiger partial charge is 0.337 e. The number of aryl methyl sites for hydroxylation is 1. The molecular weight excluding hydrogens is 342 g/mol. The molecule has 5 nitrogen and oxygen atoms in total. The molecule has 1 N–H and O–H groups in total. The first-order valence-corrected chi connectivity index (χ1v) is 9.09. The molecule has 1 amide bonds. The van der Waals surface area contributed by atoms with Gasteiger partial charge in [0.2, 0.25) is 5.91 Å². The first-order valence-electron chi connectivity index (χ1n) is 9.09. The van der Waals surface area contributed by atoms with Gasteiger partial charge in [0.15, 0.2) is 5.78 Å². The predicted molar refractivity (Wildman–Crippen MR) is 104 cm³/mol. The van der Waals surface area contributed by atoms with Crippen LogP contribution in [0.15, 0.2) is 48.5 Å². The minimum atomic E-state index is -0.396. The summed E-state index contributed by atoms with van der Waals surface area (Å²) in [6.45, 7) is 2.46. The van der Waals surface area contributed by atoms with E-state index < -0.39 is 5.97 Å². The molecule has 0 aliphatic heterocycles. The number of Topliss-reactive ketones (excluding diaryl/α,β-unsaturated/α-hetero) is 1. The molecule has 142 valence electrons. The highest BCUT2D eigenvalue weighted by molar-refractivity contribution is 5.98. The Morgan fingerprint density at radius 1 is 0.852 bits per heavy atom. The van der Waals surface area contributed by atoms with Crippen molar-refractivity contribution in [1.29, 1.82) is 0 Å². The number of benzene rings is 2. The molecule has 27 heavy (non-hydrogen) atoms. The molecule has 0 aliphatic rings. The zero-order valence-electron chi connectivity index (χ0n) is 15.8. The number of ether oxygens (including phenoxy) is 1. The number of amides is 1. The maximum atomic E-state index is 12.2. The number of rotatable bonds is 9. The van der Waals surface area contributed by atoms with Crippen molar-refractivity contribution in [3.05, 3.63) is 70.8 Å². The zero-order valence-corrected chi connectivity index (χ0v) is 15.8. The molecule has 0 saturated carbocycles. The van der Waals surface area contributed by atoms with Crippen molar-refractivity contribution in [2.75, 3.05) is 7.11 Å². The van der Waals surface area contributed by atoms with Crippen molar-refractivity contribution in [2.24, 2.45) is 0 Å². The topological polar surface area (TPSA) is 72.5 Å². The number of hydrogen-bond acceptors (Lipinski definition) is 4. The third-order valence-corrected chi connectivity index (χ3v) is 4.26. The van der Waals surface area contributed by atoms with Crippen LogP contribution in [0.3, 0.4) is 0 Å². The summed E-state index contributed by atoms with van der Waals surface area (Å²) >= 11 is 0. The lowest BCUT2D eigenvalue weighted by molar-refractivity contribution is -0.121. The lowest BCUT2D eigenvalue weighted by atomic mass is 10.0. The molecule has 2 aromatic rings. The van der Waals surface area contributed by atoms with Gasteiger partial charge in [-0.2, -0.15) is 0 Å². The molecule has 0 atom stereocenters. The number of carbonyl (C=O) groups is 3. The molecule has 0 unspecified atom stereocenters. The Kier molecular flexibility index (Phi) is 7.74. The van der Waals surface area contributed by atoms with Gasteiger partial charge in [-0.05, 0) is 29.7 Å². The van der Waals surface area contributed by atoms with Crippen LogP contribution in [-0.4, -0.2) is 24.8 Å². The van der Waals surface area contributed by atoms with Gasteiger partial charge >= 0.3 is 5.97 Å². The SMILES string of the molecule is CCCc1ccc(C(=O)CCC(=O)NCc2ccc(C(=O)OC)cc2)cc1. The quantitative estimate of drug-likeness (QED) is 0.542. The van der Waals surface area contributed by atoms with Crippen LogP contribution in [0.4, 0.5) is 0 Å². The molecule has 2 rings (SSSR count). The number of hydrogen-bond donors (Lipinski definition) is 1. The van der Waals surface area contributed by atoms with Crippen molar-refractivity contribution < 1.29 is 19.1 Å². The van der Waals surface area contributed by atoms with E-state index in [-0.39, 0.29) is 24.5 Å². The Bertz CT molecular complexity index is 779. The van der Waals surface area contributed by atoms with E-state index in [1.807, 2.05) is 24.3 Å². The van der Waals surface area contributed by atoms with E-state index in [1.165, 1.54) is 12.7 Å². The van der Waals surface area contributed by atoms with Crippen LogP contribution >= 0.6 is 0 Å². The first-order chi connectivity index (χ1) is 13.0. The third kappa shape index (κ3) is 6.37. The van der Waals surface area contributed by atoms with Crippen LogP contribution in [0.25, 0.3) is 0 Å². The number of esters is 1. The molecular formula is C22H25NO4. The van der Waals surface area contributed by atoms with Gasteiger partial charge in [-0.3, -0.25) is 9.59 Å².